The average Bonchev–Trinajstić information content (AvgIpc) is 2.37. The van der Waals surface area contributed by atoms with Crippen molar-refractivity contribution in [2.75, 3.05) is 25.7 Å². The number of likely N-dealkylation sites (N-methyl/N-ethyl adjacent to an activating group) is 1. The molecule has 0 heterocycles. The van der Waals surface area contributed by atoms with Crippen LogP contribution in [0.5, 0.6) is 5.75 Å². The molecule has 0 aliphatic carbocycles. The number of rotatable bonds is 3. The Kier molecular flexibility index (Phi) is 4.71. The van der Waals surface area contributed by atoms with E-state index in [4.69, 9.17) is 4.74 Å². The van der Waals surface area contributed by atoms with Crippen LogP contribution in [0.2, 0.25) is 0 Å². The van der Waals surface area contributed by atoms with Crippen molar-refractivity contribution in [3.05, 3.63) is 23.8 Å². The van der Waals surface area contributed by atoms with Crippen molar-refractivity contribution in [2.45, 2.75) is 13.8 Å². The largest absolute Gasteiger partial charge is 0.496 e. The molecular weight excluding hydrogens is 234 g/mol. The summed E-state index contributed by atoms with van der Waals surface area (Å²) in [6.45, 7) is 3.70. The number of esters is 1. The van der Waals surface area contributed by atoms with E-state index in [0.717, 1.165) is 11.3 Å². The summed E-state index contributed by atoms with van der Waals surface area (Å²) in [7, 11) is 3.11. The molecule has 5 heteroatoms. The molecule has 0 aliphatic rings. The maximum atomic E-state index is 11.7. The molecule has 1 amide bonds. The first-order valence-corrected chi connectivity index (χ1v) is 5.60. The first-order chi connectivity index (χ1) is 8.51. The molecule has 0 saturated carbocycles. The van der Waals surface area contributed by atoms with Gasteiger partial charge in [0, 0.05) is 12.7 Å². The van der Waals surface area contributed by atoms with Crippen LogP contribution in [0.25, 0.3) is 0 Å². The molecule has 0 saturated heterocycles. The van der Waals surface area contributed by atoms with Crippen molar-refractivity contribution in [2.24, 2.45) is 0 Å². The summed E-state index contributed by atoms with van der Waals surface area (Å²) in [5.41, 5.74) is 1.50. The second kappa shape index (κ2) is 6.05. The van der Waals surface area contributed by atoms with Gasteiger partial charge >= 0.3 is 11.9 Å². The van der Waals surface area contributed by atoms with Crippen LogP contribution in [0.4, 0.5) is 5.69 Å². The number of benzene rings is 1. The van der Waals surface area contributed by atoms with Crippen molar-refractivity contribution in [3.8, 4) is 5.75 Å². The van der Waals surface area contributed by atoms with Crippen LogP contribution in [0.3, 0.4) is 0 Å². The van der Waals surface area contributed by atoms with Crippen LogP contribution in [-0.2, 0) is 14.3 Å². The fourth-order valence-electron chi connectivity index (χ4n) is 1.52. The average molecular weight is 251 g/mol. The Morgan fingerprint density at radius 1 is 1.33 bits per heavy atom. The van der Waals surface area contributed by atoms with E-state index in [2.05, 4.69) is 4.74 Å². The Labute approximate surface area is 106 Å². The van der Waals surface area contributed by atoms with Crippen molar-refractivity contribution < 1.29 is 19.1 Å². The first-order valence-electron chi connectivity index (χ1n) is 5.60. The third-order valence-electron chi connectivity index (χ3n) is 2.52. The van der Waals surface area contributed by atoms with E-state index in [9.17, 15) is 9.59 Å². The fourth-order valence-corrected chi connectivity index (χ4v) is 1.52. The Bertz CT molecular complexity index is 456. The van der Waals surface area contributed by atoms with Gasteiger partial charge in [-0.2, -0.15) is 0 Å². The number of hydrogen-bond acceptors (Lipinski definition) is 4. The molecule has 98 valence electrons. The molecule has 0 unspecified atom stereocenters. The molecule has 0 fully saturated rings. The highest BCUT2D eigenvalue weighted by Gasteiger charge is 2.21. The van der Waals surface area contributed by atoms with Gasteiger partial charge < -0.3 is 14.4 Å². The van der Waals surface area contributed by atoms with Crippen LogP contribution in [0.1, 0.15) is 12.5 Å². The number of anilines is 1. The van der Waals surface area contributed by atoms with Gasteiger partial charge in [0.1, 0.15) is 5.75 Å². The molecule has 1 rings (SSSR count). The molecule has 1 aromatic rings. The number of ether oxygens (including phenoxy) is 2. The van der Waals surface area contributed by atoms with Gasteiger partial charge in [-0.1, -0.05) is 0 Å². The predicted octanol–water partition coefficient (Wildman–Crippen LogP) is 1.53. The lowest BCUT2D eigenvalue weighted by Crippen LogP contribution is -2.34. The molecule has 18 heavy (non-hydrogen) atoms. The van der Waals surface area contributed by atoms with Crippen molar-refractivity contribution in [1.82, 2.24) is 0 Å². The number of amides is 1. The fraction of sp³-hybridized carbons (Fsp3) is 0.385. The van der Waals surface area contributed by atoms with Crippen LogP contribution in [-0.4, -0.2) is 32.6 Å². The van der Waals surface area contributed by atoms with Crippen molar-refractivity contribution >= 4 is 17.6 Å². The number of carbonyl (C=O) groups is 2. The summed E-state index contributed by atoms with van der Waals surface area (Å²) in [4.78, 5) is 24.3. The lowest BCUT2D eigenvalue weighted by molar-refractivity contribution is -0.153. The number of carbonyl (C=O) groups excluding carboxylic acids is 2. The quantitative estimate of drug-likeness (QED) is 0.604. The van der Waals surface area contributed by atoms with Gasteiger partial charge in [-0.3, -0.25) is 4.79 Å². The molecule has 0 N–H and O–H groups in total. The molecule has 0 atom stereocenters. The maximum absolute atomic E-state index is 11.7. The van der Waals surface area contributed by atoms with E-state index < -0.39 is 11.9 Å². The number of hydrogen-bond donors (Lipinski definition) is 0. The van der Waals surface area contributed by atoms with Gasteiger partial charge in [-0.05, 0) is 37.6 Å². The number of nitrogens with zero attached hydrogens (tertiary/aromatic N) is 1. The van der Waals surface area contributed by atoms with Crippen LogP contribution in [0, 0.1) is 6.92 Å². The smallest absolute Gasteiger partial charge is 0.397 e. The second-order valence-electron chi connectivity index (χ2n) is 3.74. The van der Waals surface area contributed by atoms with Crippen LogP contribution in [0.15, 0.2) is 18.2 Å². The maximum Gasteiger partial charge on any atom is 0.397 e. The minimum absolute atomic E-state index is 0.181. The number of aryl methyl sites for hydroxylation is 1. The summed E-state index contributed by atoms with van der Waals surface area (Å²) in [6, 6.07) is 5.23. The Balaban J connectivity index is 2.90. The molecular formula is C13H17NO4. The minimum atomic E-state index is -0.853. The molecule has 0 aliphatic heterocycles. The summed E-state index contributed by atoms with van der Waals surface area (Å²) in [6.07, 6.45) is 0. The summed E-state index contributed by atoms with van der Waals surface area (Å²) < 4.78 is 9.80. The summed E-state index contributed by atoms with van der Waals surface area (Å²) >= 11 is 0. The highest BCUT2D eigenvalue weighted by atomic mass is 16.5. The zero-order chi connectivity index (χ0) is 13.7. The Morgan fingerprint density at radius 2 is 2.00 bits per heavy atom. The molecule has 5 nitrogen and oxygen atoms in total. The minimum Gasteiger partial charge on any atom is -0.496 e. The SMILES string of the molecule is CCOC(=O)C(=O)N(C)c1ccc(OC)c(C)c1. The lowest BCUT2D eigenvalue weighted by atomic mass is 10.2. The van der Waals surface area contributed by atoms with Gasteiger partial charge in [0.25, 0.3) is 0 Å². The standard InChI is InChI=1S/C13H17NO4/c1-5-18-13(16)12(15)14(3)10-6-7-11(17-4)9(2)8-10/h6-8H,5H2,1-4H3. The van der Waals surface area contributed by atoms with Gasteiger partial charge in [0.05, 0.1) is 13.7 Å². The van der Waals surface area contributed by atoms with Crippen LogP contribution >= 0.6 is 0 Å². The highest BCUT2D eigenvalue weighted by molar-refractivity contribution is 6.37. The van der Waals surface area contributed by atoms with E-state index in [1.54, 1.807) is 32.2 Å². The van der Waals surface area contributed by atoms with E-state index in [-0.39, 0.29) is 6.61 Å². The summed E-state index contributed by atoms with van der Waals surface area (Å²) in [5.74, 6) is -0.814. The molecule has 0 spiro atoms. The van der Waals surface area contributed by atoms with Crippen molar-refractivity contribution in [1.29, 1.82) is 0 Å². The van der Waals surface area contributed by atoms with E-state index in [1.165, 1.54) is 11.9 Å². The van der Waals surface area contributed by atoms with E-state index in [1.807, 2.05) is 6.92 Å². The predicted molar refractivity (Wildman–Crippen MR) is 67.8 cm³/mol. The second-order valence-corrected chi connectivity index (χ2v) is 3.74. The van der Waals surface area contributed by atoms with Crippen molar-refractivity contribution in [3.63, 3.8) is 0 Å². The van der Waals surface area contributed by atoms with Gasteiger partial charge in [0.2, 0.25) is 0 Å². The third-order valence-corrected chi connectivity index (χ3v) is 2.52. The molecule has 0 radical (unpaired) electrons. The Hall–Kier alpha value is -2.04. The highest BCUT2D eigenvalue weighted by Crippen LogP contribution is 2.23. The van der Waals surface area contributed by atoms with E-state index >= 15 is 0 Å². The Morgan fingerprint density at radius 3 is 2.50 bits per heavy atom. The van der Waals surface area contributed by atoms with Crippen LogP contribution < -0.4 is 9.64 Å². The topological polar surface area (TPSA) is 55.8 Å². The monoisotopic (exact) mass is 251 g/mol. The number of methoxy groups -OCH3 is 1. The van der Waals surface area contributed by atoms with Gasteiger partial charge in [0.15, 0.2) is 0 Å². The zero-order valence-corrected chi connectivity index (χ0v) is 11.0. The molecule has 0 bridgehead atoms. The zero-order valence-electron chi connectivity index (χ0n) is 11.0. The normalized spacial score (nSPS) is 9.78. The van der Waals surface area contributed by atoms with Gasteiger partial charge in [-0.15, -0.1) is 0 Å². The van der Waals surface area contributed by atoms with E-state index in [0.29, 0.717) is 5.69 Å². The third kappa shape index (κ3) is 3.00. The summed E-state index contributed by atoms with van der Waals surface area (Å²) in [5, 5.41) is 0. The molecule has 1 aromatic carbocycles. The first kappa shape index (κ1) is 14.0. The molecule has 0 aromatic heterocycles. The van der Waals surface area contributed by atoms with Gasteiger partial charge in [-0.25, -0.2) is 4.79 Å². The lowest BCUT2D eigenvalue weighted by Gasteiger charge is -2.17.